The van der Waals surface area contributed by atoms with E-state index in [2.05, 4.69) is 95.6 Å². The van der Waals surface area contributed by atoms with Crippen LogP contribution in [-0.2, 0) is 21.9 Å². The van der Waals surface area contributed by atoms with Crippen molar-refractivity contribution >= 4 is 11.1 Å². The summed E-state index contributed by atoms with van der Waals surface area (Å²) in [6.07, 6.45) is 11.1. The van der Waals surface area contributed by atoms with Crippen LogP contribution in [0, 0.1) is 11.3 Å². The molecule has 6 rings (SSSR count). The largest absolute Gasteiger partial charge is 0.466 e. The molecule has 3 aliphatic rings. The summed E-state index contributed by atoms with van der Waals surface area (Å²) in [5.41, 5.74) is 8.50. The van der Waals surface area contributed by atoms with Gasteiger partial charge in [0.05, 0.1) is 17.4 Å². The molecule has 6 atom stereocenters. The number of fused-ring (bicyclic) bond motifs is 1. The number of allylic oxidation sites excluding steroid dienone is 2. The van der Waals surface area contributed by atoms with Crippen LogP contribution in [0.5, 0.6) is 0 Å². The maximum absolute atomic E-state index is 6.65. The van der Waals surface area contributed by atoms with E-state index in [-0.39, 0.29) is 17.8 Å². The highest BCUT2D eigenvalue weighted by Crippen LogP contribution is 2.59. The van der Waals surface area contributed by atoms with E-state index in [0.717, 1.165) is 28.7 Å². The lowest BCUT2D eigenvalue weighted by atomic mass is 9.58. The van der Waals surface area contributed by atoms with E-state index in [4.69, 9.17) is 13.9 Å². The molecule has 0 radical (unpaired) electrons. The number of oxazole rings is 1. The van der Waals surface area contributed by atoms with Gasteiger partial charge < -0.3 is 13.9 Å². The molecule has 0 amide bonds. The van der Waals surface area contributed by atoms with Gasteiger partial charge in [0.2, 0.25) is 11.9 Å². The summed E-state index contributed by atoms with van der Waals surface area (Å²) in [6, 6.07) is 15.6. The van der Waals surface area contributed by atoms with E-state index in [1.807, 2.05) is 13.0 Å². The minimum absolute atomic E-state index is 0.0293. The van der Waals surface area contributed by atoms with E-state index >= 15 is 0 Å². The fraction of sp³-hybridized carbons (Fsp3) is 0.553. The van der Waals surface area contributed by atoms with Crippen LogP contribution >= 0.6 is 0 Å². The summed E-state index contributed by atoms with van der Waals surface area (Å²) in [7, 11) is 2.13. The second-order valence-electron chi connectivity index (χ2n) is 13.8. The van der Waals surface area contributed by atoms with Crippen molar-refractivity contribution in [2.75, 3.05) is 0 Å². The van der Waals surface area contributed by atoms with Crippen LogP contribution < -0.4 is 4.57 Å². The summed E-state index contributed by atoms with van der Waals surface area (Å²) in [5.74, 6) is 3.08. The molecule has 2 aromatic carbocycles. The summed E-state index contributed by atoms with van der Waals surface area (Å²) in [4.78, 5) is 0. The van der Waals surface area contributed by atoms with Gasteiger partial charge in [0.15, 0.2) is 0 Å². The number of aromatic nitrogens is 1. The van der Waals surface area contributed by atoms with Gasteiger partial charge in [-0.05, 0) is 93.5 Å². The maximum Gasteiger partial charge on any atom is 0.381 e. The van der Waals surface area contributed by atoms with Crippen LogP contribution in [0.1, 0.15) is 110 Å². The van der Waals surface area contributed by atoms with Gasteiger partial charge >= 0.3 is 5.89 Å². The normalized spacial score (nSPS) is 30.3. The number of unbranched alkanes of at least 4 members (excludes halogenated alkanes) is 1. The van der Waals surface area contributed by atoms with Crippen LogP contribution in [0.25, 0.3) is 22.6 Å². The number of hydrogen-bond donors (Lipinski definition) is 0. The average molecular weight is 569 g/mol. The average Bonchev–Trinajstić information content (AvgIpc) is 3.37. The predicted octanol–water partition coefficient (Wildman–Crippen LogP) is 9.67. The molecule has 1 aromatic heterocycles. The fourth-order valence-corrected chi connectivity index (χ4v) is 8.34. The number of rotatable bonds is 8. The highest BCUT2D eigenvalue weighted by atomic mass is 16.7. The first-order valence-electron chi connectivity index (χ1n) is 16.3. The number of para-hydroxylation sites is 2. The quantitative estimate of drug-likeness (QED) is 0.200. The van der Waals surface area contributed by atoms with Gasteiger partial charge in [-0.15, -0.1) is 0 Å². The van der Waals surface area contributed by atoms with Crippen molar-refractivity contribution in [1.29, 1.82) is 0 Å². The molecule has 1 saturated carbocycles. The zero-order chi connectivity index (χ0) is 29.8. The molecule has 6 unspecified atom stereocenters. The zero-order valence-corrected chi connectivity index (χ0v) is 27.0. The topological polar surface area (TPSA) is 35.5 Å². The first-order valence-corrected chi connectivity index (χ1v) is 16.3. The molecule has 2 heterocycles. The lowest BCUT2D eigenvalue weighted by Crippen LogP contribution is -2.36. The third-order valence-electron chi connectivity index (χ3n) is 11.4. The third kappa shape index (κ3) is 4.75. The van der Waals surface area contributed by atoms with Crippen molar-refractivity contribution in [3.63, 3.8) is 0 Å². The molecule has 0 spiro atoms. The molecule has 42 heavy (non-hydrogen) atoms. The molecule has 0 saturated heterocycles. The summed E-state index contributed by atoms with van der Waals surface area (Å²) in [6.45, 7) is 16.1. The van der Waals surface area contributed by atoms with E-state index in [1.165, 1.54) is 72.8 Å². The van der Waals surface area contributed by atoms with Crippen LogP contribution in [0.3, 0.4) is 0 Å². The van der Waals surface area contributed by atoms with Crippen molar-refractivity contribution < 1.29 is 18.5 Å². The Bertz CT molecular complexity index is 1540. The zero-order valence-electron chi connectivity index (χ0n) is 27.0. The molecule has 3 aromatic rings. The Morgan fingerprint density at radius 1 is 1.07 bits per heavy atom. The van der Waals surface area contributed by atoms with Gasteiger partial charge in [0, 0.05) is 17.1 Å². The van der Waals surface area contributed by atoms with Crippen LogP contribution in [0.15, 0.2) is 69.9 Å². The lowest BCUT2D eigenvalue weighted by molar-refractivity contribution is -0.637. The predicted molar refractivity (Wildman–Crippen MR) is 170 cm³/mol. The van der Waals surface area contributed by atoms with E-state index in [0.29, 0.717) is 11.3 Å². The molecule has 4 nitrogen and oxygen atoms in total. The minimum Gasteiger partial charge on any atom is -0.466 e. The molecule has 4 heteroatoms. The van der Waals surface area contributed by atoms with Crippen LogP contribution in [0.4, 0.5) is 0 Å². The van der Waals surface area contributed by atoms with E-state index < -0.39 is 0 Å². The molecule has 224 valence electrons. The van der Waals surface area contributed by atoms with Crippen molar-refractivity contribution in [3.05, 3.63) is 76.6 Å². The monoisotopic (exact) mass is 568 g/mol. The first-order chi connectivity index (χ1) is 20.1. The van der Waals surface area contributed by atoms with Crippen LogP contribution in [-0.4, -0.2) is 12.4 Å². The van der Waals surface area contributed by atoms with Gasteiger partial charge in [-0.2, -0.15) is 4.57 Å². The Morgan fingerprint density at radius 3 is 2.60 bits per heavy atom. The smallest absolute Gasteiger partial charge is 0.381 e. The number of ether oxygens (including phenoxy) is 2. The Kier molecular flexibility index (Phi) is 7.66. The standard InChI is InChI=1S/C38H50NO3/c1-9-10-15-29-16-13-14-21-37(29,6)26(4)28-19-20-31(30(23-28)35-39(8)32-17-11-12-18-33(32)42-35)38(7)27(5)34(38)36-40-24(2)22-25(3)41-36/h11-12,17-20,22-24,26,29,36H,9-10,13-16,21H2,1-8H3/q+1. The van der Waals surface area contributed by atoms with Crippen molar-refractivity contribution in [2.24, 2.45) is 18.4 Å². The van der Waals surface area contributed by atoms with Gasteiger partial charge in [0.25, 0.3) is 5.52 Å². The Morgan fingerprint density at radius 2 is 1.86 bits per heavy atom. The highest BCUT2D eigenvalue weighted by Gasteiger charge is 2.55. The molecule has 1 aliphatic heterocycles. The Balaban J connectivity index is 1.45. The summed E-state index contributed by atoms with van der Waals surface area (Å²) < 4.78 is 21.4. The van der Waals surface area contributed by atoms with Crippen LogP contribution in [0.2, 0.25) is 0 Å². The molecular formula is C38H50NO3+. The summed E-state index contributed by atoms with van der Waals surface area (Å²) in [5, 5.41) is 0. The highest BCUT2D eigenvalue weighted by molar-refractivity contribution is 5.76. The summed E-state index contributed by atoms with van der Waals surface area (Å²) >= 11 is 0. The van der Waals surface area contributed by atoms with E-state index in [9.17, 15) is 0 Å². The Labute approximate surface area is 252 Å². The third-order valence-corrected chi connectivity index (χ3v) is 11.4. The maximum atomic E-state index is 6.65. The Hall–Kier alpha value is -2.85. The number of nitrogens with zero attached hydrogens (tertiary/aromatic N) is 1. The van der Waals surface area contributed by atoms with E-state index in [1.54, 1.807) is 0 Å². The molecule has 2 aliphatic carbocycles. The molecular weight excluding hydrogens is 518 g/mol. The van der Waals surface area contributed by atoms with Crippen molar-refractivity contribution in [3.8, 4) is 11.5 Å². The minimum atomic E-state index is -0.355. The second-order valence-corrected chi connectivity index (χ2v) is 13.8. The number of aryl methyl sites for hydroxylation is 1. The van der Waals surface area contributed by atoms with Gasteiger partial charge in [-0.25, -0.2) is 0 Å². The SMILES string of the molecule is CCCCC1CCCCC1(C)C(C)c1ccc(C2(C)C(C)=C2C2OC(C)=CC(C)O2)c(-c2oc3ccccc3[n+]2C)c1. The van der Waals surface area contributed by atoms with Gasteiger partial charge in [-0.3, -0.25) is 0 Å². The number of hydrogen-bond acceptors (Lipinski definition) is 3. The lowest BCUT2D eigenvalue weighted by Gasteiger charge is -2.46. The molecule has 0 N–H and O–H groups in total. The fourth-order valence-electron chi connectivity index (χ4n) is 8.34. The van der Waals surface area contributed by atoms with Gasteiger partial charge in [0.1, 0.15) is 7.05 Å². The number of benzene rings is 2. The van der Waals surface area contributed by atoms with Crippen molar-refractivity contribution in [1.82, 2.24) is 0 Å². The second kappa shape index (κ2) is 11.0. The molecule has 0 bridgehead atoms. The van der Waals surface area contributed by atoms with Crippen molar-refractivity contribution in [2.45, 2.75) is 117 Å². The van der Waals surface area contributed by atoms with Gasteiger partial charge in [-0.1, -0.05) is 76.3 Å². The molecule has 1 fully saturated rings. The first kappa shape index (κ1) is 29.2.